The Kier molecular flexibility index (Phi) is 5.19. The molecular weight excluding hydrogens is 416 g/mol. The van der Waals surface area contributed by atoms with Crippen molar-refractivity contribution in [3.05, 3.63) is 42.2 Å². The first-order valence-corrected chi connectivity index (χ1v) is 11.3. The van der Waals surface area contributed by atoms with E-state index in [9.17, 15) is 4.79 Å². The van der Waals surface area contributed by atoms with Crippen molar-refractivity contribution in [1.29, 1.82) is 0 Å². The van der Waals surface area contributed by atoms with Crippen LogP contribution in [0.15, 0.2) is 36.5 Å². The third kappa shape index (κ3) is 4.22. The van der Waals surface area contributed by atoms with Crippen molar-refractivity contribution in [2.45, 2.75) is 59.0 Å². The lowest BCUT2D eigenvalue weighted by Gasteiger charge is -2.21. The topological polar surface area (TPSA) is 110 Å². The van der Waals surface area contributed by atoms with E-state index in [1.54, 1.807) is 4.52 Å². The van der Waals surface area contributed by atoms with Crippen LogP contribution < -0.4 is 10.6 Å². The summed E-state index contributed by atoms with van der Waals surface area (Å²) in [6, 6.07) is 10.5. The van der Waals surface area contributed by atoms with E-state index >= 15 is 0 Å². The fourth-order valence-corrected chi connectivity index (χ4v) is 4.33. The Morgan fingerprint density at radius 3 is 2.76 bits per heavy atom. The van der Waals surface area contributed by atoms with Gasteiger partial charge in [-0.15, -0.1) is 5.10 Å². The number of anilines is 1. The minimum absolute atomic E-state index is 0.0966. The number of rotatable bonds is 4. The zero-order valence-corrected chi connectivity index (χ0v) is 19.3. The van der Waals surface area contributed by atoms with Gasteiger partial charge in [0.2, 0.25) is 11.9 Å². The summed E-state index contributed by atoms with van der Waals surface area (Å²) in [7, 11) is 0. The van der Waals surface area contributed by atoms with Crippen molar-refractivity contribution in [1.82, 2.24) is 35.3 Å². The molecule has 5 rings (SSSR count). The summed E-state index contributed by atoms with van der Waals surface area (Å²) in [6.45, 7) is 7.81. The summed E-state index contributed by atoms with van der Waals surface area (Å²) in [5.74, 6) is 0.726. The third-order valence-corrected chi connectivity index (χ3v) is 6.20. The Balaban J connectivity index is 1.35. The van der Waals surface area contributed by atoms with E-state index < -0.39 is 0 Å². The summed E-state index contributed by atoms with van der Waals surface area (Å²) < 4.78 is 1.66. The Bertz CT molecular complexity index is 1340. The predicted octanol–water partition coefficient (Wildman–Crippen LogP) is 3.54. The molecule has 9 nitrogen and oxygen atoms in total. The molecule has 1 amide bonds. The van der Waals surface area contributed by atoms with Gasteiger partial charge in [0.25, 0.3) is 0 Å². The third-order valence-electron chi connectivity index (χ3n) is 6.20. The van der Waals surface area contributed by atoms with Crippen molar-refractivity contribution in [2.24, 2.45) is 5.41 Å². The molecule has 0 unspecified atom stereocenters. The molecule has 9 heteroatoms. The number of carbonyl (C=O) groups excluding carboxylic acids is 1. The van der Waals surface area contributed by atoms with Gasteiger partial charge in [-0.2, -0.15) is 0 Å². The van der Waals surface area contributed by atoms with E-state index in [0.29, 0.717) is 11.6 Å². The summed E-state index contributed by atoms with van der Waals surface area (Å²) in [5, 5.41) is 19.5. The molecule has 2 atom stereocenters. The predicted molar refractivity (Wildman–Crippen MR) is 127 cm³/mol. The Morgan fingerprint density at radius 1 is 1.12 bits per heavy atom. The summed E-state index contributed by atoms with van der Waals surface area (Å²) in [6.07, 6.45) is 4.63. The molecule has 1 fully saturated rings. The van der Waals surface area contributed by atoms with Gasteiger partial charge < -0.3 is 10.6 Å². The van der Waals surface area contributed by atoms with Gasteiger partial charge in [-0.05, 0) is 66.4 Å². The molecule has 2 N–H and O–H groups in total. The number of amides is 1. The molecular formula is C24H28N8O. The number of carbonyl (C=O) groups is 1. The second-order valence-corrected chi connectivity index (χ2v) is 9.81. The number of tetrazole rings is 1. The lowest BCUT2D eigenvalue weighted by atomic mass is 9.95. The van der Waals surface area contributed by atoms with Crippen LogP contribution in [-0.2, 0) is 4.79 Å². The number of aromatic nitrogens is 6. The van der Waals surface area contributed by atoms with Crippen LogP contribution in [0.3, 0.4) is 0 Å². The first-order chi connectivity index (χ1) is 15.8. The lowest BCUT2D eigenvalue weighted by molar-refractivity contribution is -0.129. The van der Waals surface area contributed by atoms with Crippen LogP contribution in [0.25, 0.3) is 27.7 Å². The molecule has 0 radical (unpaired) electrons. The van der Waals surface area contributed by atoms with Gasteiger partial charge in [0, 0.05) is 34.6 Å². The van der Waals surface area contributed by atoms with Crippen molar-refractivity contribution < 1.29 is 4.79 Å². The van der Waals surface area contributed by atoms with Crippen molar-refractivity contribution in [3.8, 4) is 11.1 Å². The molecule has 3 aromatic heterocycles. The highest BCUT2D eigenvalue weighted by Gasteiger charge is 2.30. The highest BCUT2D eigenvalue weighted by molar-refractivity contribution is 5.89. The Labute approximate surface area is 192 Å². The van der Waals surface area contributed by atoms with Crippen LogP contribution in [0, 0.1) is 12.3 Å². The van der Waals surface area contributed by atoms with E-state index in [-0.39, 0.29) is 23.4 Å². The number of hydrogen-bond acceptors (Lipinski definition) is 7. The molecule has 33 heavy (non-hydrogen) atoms. The lowest BCUT2D eigenvalue weighted by Crippen LogP contribution is -2.41. The molecule has 1 aromatic carbocycles. The number of pyridine rings is 1. The molecule has 170 valence electrons. The van der Waals surface area contributed by atoms with Crippen LogP contribution in [0.5, 0.6) is 0 Å². The van der Waals surface area contributed by atoms with Gasteiger partial charge >= 0.3 is 0 Å². The smallest absolute Gasteiger partial charge is 0.225 e. The number of fused-ring (bicyclic) bond motifs is 2. The average molecular weight is 445 g/mol. The van der Waals surface area contributed by atoms with Crippen LogP contribution in [0.2, 0.25) is 0 Å². The quantitative estimate of drug-likeness (QED) is 0.495. The van der Waals surface area contributed by atoms with Crippen LogP contribution in [0.4, 0.5) is 5.95 Å². The molecule has 0 spiro atoms. The van der Waals surface area contributed by atoms with E-state index in [1.165, 1.54) is 0 Å². The molecule has 0 saturated heterocycles. The standard InChI is InChI=1S/C24H28N8O/c1-14-19-12-15(18-6-5-11-32-21(18)29-30-31-32)7-10-20(19)28-23(25-14)27-17-9-8-16(13-17)26-22(33)24(2,3)4/h5-7,10-12,16-17H,8-9,13H2,1-4H3,(H,26,33)(H,25,27,28)/t16-,17+/m1/s1. The molecule has 4 aromatic rings. The van der Waals surface area contributed by atoms with Gasteiger partial charge in [0.05, 0.1) is 11.2 Å². The van der Waals surface area contributed by atoms with Gasteiger partial charge in [-0.1, -0.05) is 26.8 Å². The number of aryl methyl sites for hydroxylation is 1. The zero-order valence-electron chi connectivity index (χ0n) is 19.3. The summed E-state index contributed by atoms with van der Waals surface area (Å²) >= 11 is 0. The maximum Gasteiger partial charge on any atom is 0.225 e. The van der Waals surface area contributed by atoms with Gasteiger partial charge in [0.1, 0.15) is 0 Å². The number of nitrogens with zero attached hydrogens (tertiary/aromatic N) is 6. The first-order valence-electron chi connectivity index (χ1n) is 11.3. The fourth-order valence-electron chi connectivity index (χ4n) is 4.33. The Hall–Kier alpha value is -3.62. The molecule has 0 bridgehead atoms. The highest BCUT2D eigenvalue weighted by Crippen LogP contribution is 2.29. The average Bonchev–Trinajstić information content (AvgIpc) is 3.42. The summed E-state index contributed by atoms with van der Waals surface area (Å²) in [5.41, 5.74) is 4.10. The second-order valence-electron chi connectivity index (χ2n) is 9.81. The van der Waals surface area contributed by atoms with Gasteiger partial charge in [0.15, 0.2) is 5.65 Å². The van der Waals surface area contributed by atoms with E-state index in [0.717, 1.165) is 47.0 Å². The molecule has 3 heterocycles. The number of hydrogen-bond donors (Lipinski definition) is 2. The van der Waals surface area contributed by atoms with E-state index in [2.05, 4.69) is 32.2 Å². The van der Waals surface area contributed by atoms with Crippen molar-refractivity contribution in [3.63, 3.8) is 0 Å². The minimum atomic E-state index is -0.376. The molecule has 0 aliphatic heterocycles. The van der Waals surface area contributed by atoms with Crippen LogP contribution in [-0.4, -0.2) is 48.0 Å². The number of nitrogens with one attached hydrogen (secondary N) is 2. The zero-order chi connectivity index (χ0) is 23.2. The highest BCUT2D eigenvalue weighted by atomic mass is 16.2. The SMILES string of the molecule is Cc1nc(N[C@H]2CC[C@@H](NC(=O)C(C)(C)C)C2)nc2ccc(-c3cccn4nnnc34)cc12. The van der Waals surface area contributed by atoms with Crippen molar-refractivity contribution >= 4 is 28.4 Å². The molecule has 1 aliphatic carbocycles. The summed E-state index contributed by atoms with van der Waals surface area (Å²) in [4.78, 5) is 21.8. The Morgan fingerprint density at radius 2 is 1.94 bits per heavy atom. The first kappa shape index (κ1) is 21.2. The van der Waals surface area contributed by atoms with Gasteiger partial charge in [-0.25, -0.2) is 14.5 Å². The van der Waals surface area contributed by atoms with Crippen LogP contribution >= 0.6 is 0 Å². The largest absolute Gasteiger partial charge is 0.353 e. The maximum absolute atomic E-state index is 12.3. The van der Waals surface area contributed by atoms with E-state index in [4.69, 9.17) is 9.97 Å². The fraction of sp³-hybridized carbons (Fsp3) is 0.417. The van der Waals surface area contributed by atoms with E-state index in [1.807, 2.05) is 58.2 Å². The van der Waals surface area contributed by atoms with Crippen molar-refractivity contribution in [2.75, 3.05) is 5.32 Å². The van der Waals surface area contributed by atoms with Crippen LogP contribution in [0.1, 0.15) is 45.7 Å². The minimum Gasteiger partial charge on any atom is -0.353 e. The number of benzene rings is 1. The monoisotopic (exact) mass is 444 g/mol. The second kappa shape index (κ2) is 8.06. The van der Waals surface area contributed by atoms with Gasteiger partial charge in [-0.3, -0.25) is 4.79 Å². The normalized spacial score (nSPS) is 18.7. The molecule has 1 aliphatic rings. The maximum atomic E-state index is 12.3. The molecule has 1 saturated carbocycles.